The van der Waals surface area contributed by atoms with Gasteiger partial charge in [-0.25, -0.2) is 0 Å². The molecule has 1 spiro atoms. The zero-order chi connectivity index (χ0) is 12.6. The molecule has 2 unspecified atom stereocenters. The van der Waals surface area contributed by atoms with Crippen molar-refractivity contribution in [3.05, 3.63) is 0 Å². The number of rotatable bonds is 5. The lowest BCUT2D eigenvalue weighted by molar-refractivity contribution is -0.0622. The Kier molecular flexibility index (Phi) is 3.41. The van der Waals surface area contributed by atoms with E-state index in [1.165, 1.54) is 51.4 Å². The lowest BCUT2D eigenvalue weighted by Gasteiger charge is -2.34. The second-order valence-electron chi connectivity index (χ2n) is 6.87. The summed E-state index contributed by atoms with van der Waals surface area (Å²) in [4.78, 5) is 0. The van der Waals surface area contributed by atoms with Crippen LogP contribution in [0.3, 0.4) is 0 Å². The van der Waals surface area contributed by atoms with Crippen LogP contribution < -0.4 is 5.73 Å². The molecule has 3 nitrogen and oxygen atoms in total. The molecule has 18 heavy (non-hydrogen) atoms. The van der Waals surface area contributed by atoms with Crippen LogP contribution in [0.4, 0.5) is 0 Å². The van der Waals surface area contributed by atoms with Gasteiger partial charge in [0.1, 0.15) is 0 Å². The molecule has 0 bridgehead atoms. The van der Waals surface area contributed by atoms with Crippen LogP contribution in [0.25, 0.3) is 0 Å². The van der Waals surface area contributed by atoms with Gasteiger partial charge in [-0.3, -0.25) is 0 Å². The SMILES string of the molecule is NCC(CO)(CC1CCC2(CCCC2)O1)C1CC1. The molecular formula is C15H27NO2. The Labute approximate surface area is 110 Å². The lowest BCUT2D eigenvalue weighted by atomic mass is 9.78. The molecule has 2 saturated carbocycles. The van der Waals surface area contributed by atoms with Crippen LogP contribution in [0.1, 0.15) is 57.8 Å². The number of aliphatic hydroxyl groups excluding tert-OH is 1. The van der Waals surface area contributed by atoms with Crippen molar-refractivity contribution in [2.24, 2.45) is 17.1 Å². The quantitative estimate of drug-likeness (QED) is 0.790. The van der Waals surface area contributed by atoms with Crippen LogP contribution in [0.5, 0.6) is 0 Å². The third-order valence-electron chi connectivity index (χ3n) is 5.65. The van der Waals surface area contributed by atoms with Gasteiger partial charge in [-0.05, 0) is 50.9 Å². The maximum Gasteiger partial charge on any atom is 0.0687 e. The van der Waals surface area contributed by atoms with Gasteiger partial charge in [-0.2, -0.15) is 0 Å². The van der Waals surface area contributed by atoms with Gasteiger partial charge in [0.25, 0.3) is 0 Å². The highest BCUT2D eigenvalue weighted by Gasteiger charge is 2.49. The van der Waals surface area contributed by atoms with E-state index in [2.05, 4.69) is 0 Å². The average Bonchev–Trinajstić information content (AvgIpc) is 3.05. The monoisotopic (exact) mass is 253 g/mol. The van der Waals surface area contributed by atoms with Crippen molar-refractivity contribution in [3.63, 3.8) is 0 Å². The molecule has 3 heteroatoms. The summed E-state index contributed by atoms with van der Waals surface area (Å²) in [5.41, 5.74) is 6.13. The van der Waals surface area contributed by atoms with Crippen LogP contribution in [0.2, 0.25) is 0 Å². The van der Waals surface area contributed by atoms with Crippen molar-refractivity contribution in [1.82, 2.24) is 0 Å². The fraction of sp³-hybridized carbons (Fsp3) is 1.00. The van der Waals surface area contributed by atoms with E-state index in [4.69, 9.17) is 10.5 Å². The number of nitrogens with two attached hydrogens (primary N) is 1. The molecule has 2 aliphatic carbocycles. The highest BCUT2D eigenvalue weighted by Crippen LogP contribution is 2.51. The minimum atomic E-state index is -0.0468. The summed E-state index contributed by atoms with van der Waals surface area (Å²) in [7, 11) is 0. The normalized spacial score (nSPS) is 34.0. The summed E-state index contributed by atoms with van der Waals surface area (Å²) in [5.74, 6) is 0.649. The van der Waals surface area contributed by atoms with Gasteiger partial charge in [0, 0.05) is 12.0 Å². The molecule has 2 atom stereocenters. The third kappa shape index (κ3) is 2.21. The molecule has 3 aliphatic rings. The van der Waals surface area contributed by atoms with Gasteiger partial charge in [0.05, 0.1) is 18.3 Å². The van der Waals surface area contributed by atoms with Crippen LogP contribution in [-0.4, -0.2) is 30.0 Å². The Hall–Kier alpha value is -0.120. The van der Waals surface area contributed by atoms with Crippen molar-refractivity contribution < 1.29 is 9.84 Å². The molecule has 104 valence electrons. The molecule has 0 aromatic heterocycles. The molecule has 3 fully saturated rings. The van der Waals surface area contributed by atoms with Crippen LogP contribution in [0, 0.1) is 11.3 Å². The topological polar surface area (TPSA) is 55.5 Å². The largest absolute Gasteiger partial charge is 0.396 e. The van der Waals surface area contributed by atoms with Gasteiger partial charge in [-0.1, -0.05) is 12.8 Å². The molecule has 0 radical (unpaired) electrons. The summed E-state index contributed by atoms with van der Waals surface area (Å²) >= 11 is 0. The summed E-state index contributed by atoms with van der Waals surface area (Å²) < 4.78 is 6.38. The predicted octanol–water partition coefficient (Wildman–Crippen LogP) is 2.22. The second kappa shape index (κ2) is 4.77. The number of aliphatic hydroxyl groups is 1. The minimum absolute atomic E-state index is 0.0468. The third-order valence-corrected chi connectivity index (χ3v) is 5.65. The fourth-order valence-corrected chi connectivity index (χ4v) is 4.25. The van der Waals surface area contributed by atoms with Crippen molar-refractivity contribution in [2.45, 2.75) is 69.5 Å². The molecular weight excluding hydrogens is 226 g/mol. The molecule has 1 aliphatic heterocycles. The highest BCUT2D eigenvalue weighted by molar-refractivity contribution is 4.99. The smallest absolute Gasteiger partial charge is 0.0687 e. The standard InChI is InChI=1S/C15H27NO2/c16-10-14(11-17,12-3-4-12)9-13-5-8-15(18-13)6-1-2-7-15/h12-13,17H,1-11,16H2. The molecule has 1 heterocycles. The van der Waals surface area contributed by atoms with E-state index >= 15 is 0 Å². The first-order chi connectivity index (χ1) is 8.72. The Morgan fingerprint density at radius 2 is 1.89 bits per heavy atom. The van der Waals surface area contributed by atoms with Crippen LogP contribution >= 0.6 is 0 Å². The van der Waals surface area contributed by atoms with Gasteiger partial charge in [0.2, 0.25) is 0 Å². The Morgan fingerprint density at radius 3 is 2.44 bits per heavy atom. The average molecular weight is 253 g/mol. The Bertz CT molecular complexity index is 291. The van der Waals surface area contributed by atoms with Crippen LogP contribution in [0.15, 0.2) is 0 Å². The first kappa shape index (κ1) is 12.9. The Morgan fingerprint density at radius 1 is 1.17 bits per heavy atom. The lowest BCUT2D eigenvalue weighted by Crippen LogP contribution is -2.40. The molecule has 1 saturated heterocycles. The highest BCUT2D eigenvalue weighted by atomic mass is 16.5. The summed E-state index contributed by atoms with van der Waals surface area (Å²) in [5, 5.41) is 9.77. The van der Waals surface area contributed by atoms with Gasteiger partial charge in [-0.15, -0.1) is 0 Å². The summed E-state index contributed by atoms with van der Waals surface area (Å²) in [6.07, 6.45) is 11.4. The minimum Gasteiger partial charge on any atom is -0.396 e. The van der Waals surface area contributed by atoms with E-state index in [0.29, 0.717) is 18.6 Å². The zero-order valence-electron chi connectivity index (χ0n) is 11.4. The molecule has 0 aromatic carbocycles. The fourth-order valence-electron chi connectivity index (χ4n) is 4.25. The van der Waals surface area contributed by atoms with E-state index in [0.717, 1.165) is 6.42 Å². The Balaban J connectivity index is 1.62. The van der Waals surface area contributed by atoms with E-state index in [9.17, 15) is 5.11 Å². The second-order valence-corrected chi connectivity index (χ2v) is 6.87. The van der Waals surface area contributed by atoms with Crippen molar-refractivity contribution in [1.29, 1.82) is 0 Å². The predicted molar refractivity (Wildman–Crippen MR) is 71.2 cm³/mol. The van der Waals surface area contributed by atoms with Crippen LogP contribution in [-0.2, 0) is 4.74 Å². The van der Waals surface area contributed by atoms with Crippen molar-refractivity contribution >= 4 is 0 Å². The first-order valence-electron chi connectivity index (χ1n) is 7.71. The van der Waals surface area contributed by atoms with E-state index in [1.807, 2.05) is 0 Å². The van der Waals surface area contributed by atoms with E-state index < -0.39 is 0 Å². The van der Waals surface area contributed by atoms with Crippen molar-refractivity contribution in [3.8, 4) is 0 Å². The number of hydrogen-bond donors (Lipinski definition) is 2. The maximum absolute atomic E-state index is 9.77. The molecule has 3 N–H and O–H groups in total. The first-order valence-corrected chi connectivity index (χ1v) is 7.71. The molecule has 0 amide bonds. The molecule has 3 rings (SSSR count). The summed E-state index contributed by atoms with van der Waals surface area (Å²) in [6.45, 7) is 0.849. The van der Waals surface area contributed by atoms with Gasteiger partial charge in [0.15, 0.2) is 0 Å². The number of hydrogen-bond acceptors (Lipinski definition) is 3. The van der Waals surface area contributed by atoms with E-state index in [-0.39, 0.29) is 17.6 Å². The number of ether oxygens (including phenoxy) is 1. The summed E-state index contributed by atoms with van der Waals surface area (Å²) in [6, 6.07) is 0. The molecule has 0 aromatic rings. The van der Waals surface area contributed by atoms with Crippen molar-refractivity contribution in [2.75, 3.05) is 13.2 Å². The maximum atomic E-state index is 9.77. The van der Waals surface area contributed by atoms with E-state index in [1.54, 1.807) is 0 Å². The zero-order valence-corrected chi connectivity index (χ0v) is 11.4. The van der Waals surface area contributed by atoms with Gasteiger partial charge < -0.3 is 15.6 Å². The van der Waals surface area contributed by atoms with Gasteiger partial charge >= 0.3 is 0 Å².